The Labute approximate surface area is 119 Å². The van der Waals surface area contributed by atoms with Crippen LogP contribution >= 0.6 is 11.8 Å². The van der Waals surface area contributed by atoms with E-state index < -0.39 is 5.91 Å². The molecular weight excluding hydrogens is 280 g/mol. The Balaban J connectivity index is 1.90. The highest BCUT2D eigenvalue weighted by Crippen LogP contribution is 2.11. The van der Waals surface area contributed by atoms with Crippen molar-refractivity contribution in [2.24, 2.45) is 15.9 Å². The number of amides is 2. The highest BCUT2D eigenvalue weighted by Gasteiger charge is 2.15. The molecule has 0 radical (unpaired) electrons. The van der Waals surface area contributed by atoms with Crippen LogP contribution in [0.1, 0.15) is 5.56 Å². The van der Waals surface area contributed by atoms with Crippen LogP contribution in [0.3, 0.4) is 0 Å². The Morgan fingerprint density at radius 1 is 1.45 bits per heavy atom. The summed E-state index contributed by atoms with van der Waals surface area (Å²) in [5.41, 5.74) is 5.79. The quantitative estimate of drug-likeness (QED) is 0.593. The first kappa shape index (κ1) is 14.1. The zero-order chi connectivity index (χ0) is 14.4. The third-order valence-corrected chi connectivity index (χ3v) is 3.07. The van der Waals surface area contributed by atoms with Gasteiger partial charge in [0.25, 0.3) is 5.91 Å². The fourth-order valence-corrected chi connectivity index (χ4v) is 1.96. The van der Waals surface area contributed by atoms with Crippen LogP contribution < -0.4 is 15.8 Å². The number of nitrogens with zero attached hydrogens (tertiary/aromatic N) is 2. The summed E-state index contributed by atoms with van der Waals surface area (Å²) in [6.45, 7) is -0.155. The van der Waals surface area contributed by atoms with E-state index in [0.29, 0.717) is 16.7 Å². The van der Waals surface area contributed by atoms with Crippen molar-refractivity contribution in [1.82, 2.24) is 5.32 Å². The molecule has 0 spiro atoms. The first-order valence-electron chi connectivity index (χ1n) is 5.68. The van der Waals surface area contributed by atoms with E-state index in [1.807, 2.05) is 0 Å². The van der Waals surface area contributed by atoms with E-state index in [0.717, 1.165) is 5.56 Å². The minimum absolute atomic E-state index is 0.0695. The Bertz CT molecular complexity index is 569. The van der Waals surface area contributed by atoms with Crippen LogP contribution in [0.2, 0.25) is 0 Å². The van der Waals surface area contributed by atoms with Gasteiger partial charge in [-0.3, -0.25) is 9.59 Å². The normalized spacial score (nSPS) is 16.6. The average Bonchev–Trinajstić information content (AvgIpc) is 2.83. The highest BCUT2D eigenvalue weighted by atomic mass is 32.2. The molecule has 1 aliphatic heterocycles. The molecule has 7 nitrogen and oxygen atoms in total. The smallest absolute Gasteiger partial charge is 0.255 e. The maximum Gasteiger partial charge on any atom is 0.255 e. The zero-order valence-electron chi connectivity index (χ0n) is 10.4. The third-order valence-electron chi connectivity index (χ3n) is 2.20. The minimum Gasteiger partial charge on any atom is -0.484 e. The van der Waals surface area contributed by atoms with E-state index in [2.05, 4.69) is 15.5 Å². The molecule has 0 saturated carbocycles. The van der Waals surface area contributed by atoms with Crippen molar-refractivity contribution in [1.29, 1.82) is 0 Å². The largest absolute Gasteiger partial charge is 0.484 e. The molecule has 104 valence electrons. The van der Waals surface area contributed by atoms with Gasteiger partial charge in [-0.25, -0.2) is 0 Å². The predicted molar refractivity (Wildman–Crippen MR) is 76.8 cm³/mol. The van der Waals surface area contributed by atoms with Gasteiger partial charge in [-0.15, -0.1) is 5.10 Å². The number of hydrogen-bond acceptors (Lipinski definition) is 6. The van der Waals surface area contributed by atoms with Gasteiger partial charge in [-0.2, -0.15) is 5.10 Å². The first-order valence-corrected chi connectivity index (χ1v) is 6.67. The summed E-state index contributed by atoms with van der Waals surface area (Å²) in [4.78, 5) is 21.5. The molecule has 3 N–H and O–H groups in total. The molecule has 0 aliphatic carbocycles. The van der Waals surface area contributed by atoms with Crippen LogP contribution in [0.15, 0.2) is 34.5 Å². The molecule has 0 aromatic heterocycles. The lowest BCUT2D eigenvalue weighted by Gasteiger charge is -2.02. The first-order chi connectivity index (χ1) is 9.63. The molecule has 2 amide bonds. The summed E-state index contributed by atoms with van der Waals surface area (Å²) < 4.78 is 5.12. The van der Waals surface area contributed by atoms with E-state index in [1.54, 1.807) is 30.5 Å². The summed E-state index contributed by atoms with van der Waals surface area (Å²) in [7, 11) is 0. The van der Waals surface area contributed by atoms with Crippen LogP contribution in [0, 0.1) is 0 Å². The van der Waals surface area contributed by atoms with Crippen LogP contribution in [0.25, 0.3) is 0 Å². The summed E-state index contributed by atoms with van der Waals surface area (Å²) in [5, 5.41) is 10.8. The number of rotatable bonds is 5. The number of carbonyl (C=O) groups excluding carboxylic acids is 2. The zero-order valence-corrected chi connectivity index (χ0v) is 11.2. The van der Waals surface area contributed by atoms with Gasteiger partial charge in [0.15, 0.2) is 11.8 Å². The number of primary amides is 1. The second-order valence-electron chi connectivity index (χ2n) is 3.81. The van der Waals surface area contributed by atoms with Crippen LogP contribution in [0.4, 0.5) is 0 Å². The molecule has 0 atom stereocenters. The summed E-state index contributed by atoms with van der Waals surface area (Å²) in [6, 6.07) is 6.92. The van der Waals surface area contributed by atoms with Crippen LogP contribution in [0.5, 0.6) is 5.75 Å². The molecule has 1 saturated heterocycles. The summed E-state index contributed by atoms with van der Waals surface area (Å²) in [6.07, 6.45) is 1.55. The molecule has 2 rings (SSSR count). The Morgan fingerprint density at radius 2 is 2.20 bits per heavy atom. The van der Waals surface area contributed by atoms with Gasteiger partial charge < -0.3 is 15.8 Å². The molecule has 1 fully saturated rings. The van der Waals surface area contributed by atoms with Crippen molar-refractivity contribution in [3.8, 4) is 5.75 Å². The molecule has 1 aromatic carbocycles. The lowest BCUT2D eigenvalue weighted by atomic mass is 10.2. The molecule has 1 heterocycles. The van der Waals surface area contributed by atoms with Crippen molar-refractivity contribution in [2.45, 2.75) is 0 Å². The number of nitrogens with two attached hydrogens (primary N) is 1. The lowest BCUT2D eigenvalue weighted by Crippen LogP contribution is -2.19. The van der Waals surface area contributed by atoms with Crippen molar-refractivity contribution in [3.05, 3.63) is 29.8 Å². The number of benzene rings is 1. The van der Waals surface area contributed by atoms with Gasteiger partial charge in [-0.1, -0.05) is 11.8 Å². The minimum atomic E-state index is -0.525. The van der Waals surface area contributed by atoms with E-state index in [-0.39, 0.29) is 12.5 Å². The number of amidine groups is 1. The predicted octanol–water partition coefficient (Wildman–Crippen LogP) is 0.104. The standard InChI is InChI=1S/C12H12N4O3S/c13-10(17)6-19-9-3-1-8(2-4-9)5-14-16-12-15-11(18)7-20-12/h1-5H,6-7H2,(H2,13,17)(H,15,16,18). The Hall–Kier alpha value is -2.35. The van der Waals surface area contributed by atoms with Crippen molar-refractivity contribution < 1.29 is 14.3 Å². The monoisotopic (exact) mass is 292 g/mol. The van der Waals surface area contributed by atoms with E-state index in [9.17, 15) is 9.59 Å². The highest BCUT2D eigenvalue weighted by molar-refractivity contribution is 8.15. The van der Waals surface area contributed by atoms with Crippen molar-refractivity contribution >= 4 is 35.0 Å². The van der Waals surface area contributed by atoms with Gasteiger partial charge >= 0.3 is 0 Å². The Morgan fingerprint density at radius 3 is 2.80 bits per heavy atom. The van der Waals surface area contributed by atoms with Gasteiger partial charge in [-0.05, 0) is 29.8 Å². The van der Waals surface area contributed by atoms with E-state index in [1.165, 1.54) is 11.8 Å². The van der Waals surface area contributed by atoms with Gasteiger partial charge in [0.2, 0.25) is 5.91 Å². The molecule has 0 bridgehead atoms. The molecule has 0 unspecified atom stereocenters. The van der Waals surface area contributed by atoms with Crippen molar-refractivity contribution in [3.63, 3.8) is 0 Å². The number of nitrogens with one attached hydrogen (secondary N) is 1. The van der Waals surface area contributed by atoms with Gasteiger partial charge in [0.1, 0.15) is 5.75 Å². The number of thioether (sulfide) groups is 1. The molecule has 1 aromatic rings. The summed E-state index contributed by atoms with van der Waals surface area (Å²) in [5.74, 6) is 0.327. The van der Waals surface area contributed by atoms with E-state index >= 15 is 0 Å². The molecule has 8 heteroatoms. The van der Waals surface area contributed by atoms with E-state index in [4.69, 9.17) is 10.5 Å². The third kappa shape index (κ3) is 4.39. The van der Waals surface area contributed by atoms with Gasteiger partial charge in [0.05, 0.1) is 12.0 Å². The second kappa shape index (κ2) is 6.71. The maximum absolute atomic E-state index is 10.9. The lowest BCUT2D eigenvalue weighted by molar-refractivity contribution is -0.120. The Kier molecular flexibility index (Phi) is 4.72. The van der Waals surface area contributed by atoms with Crippen LogP contribution in [-0.4, -0.2) is 35.6 Å². The fourth-order valence-electron chi connectivity index (χ4n) is 1.33. The topological polar surface area (TPSA) is 106 Å². The average molecular weight is 292 g/mol. The SMILES string of the molecule is NC(=O)COc1ccc(C=NN=C2NC(=O)CS2)cc1. The van der Waals surface area contributed by atoms with Gasteiger partial charge in [0, 0.05) is 0 Å². The number of ether oxygens (including phenoxy) is 1. The molecular formula is C12H12N4O3S. The fraction of sp³-hybridized carbons (Fsp3) is 0.167. The number of hydrogen-bond donors (Lipinski definition) is 2. The number of carbonyl (C=O) groups is 2. The summed E-state index contributed by atoms with van der Waals surface area (Å²) >= 11 is 1.31. The van der Waals surface area contributed by atoms with Crippen LogP contribution in [-0.2, 0) is 9.59 Å². The van der Waals surface area contributed by atoms with Crippen molar-refractivity contribution in [2.75, 3.05) is 12.4 Å². The molecule has 1 aliphatic rings. The maximum atomic E-state index is 10.9. The molecule has 20 heavy (non-hydrogen) atoms. The second-order valence-corrected chi connectivity index (χ2v) is 4.77.